The van der Waals surface area contributed by atoms with Crippen molar-refractivity contribution in [1.29, 1.82) is 5.26 Å². The Morgan fingerprint density at radius 2 is 1.95 bits per heavy atom. The van der Waals surface area contributed by atoms with Gasteiger partial charge < -0.3 is 4.74 Å². The van der Waals surface area contributed by atoms with Crippen molar-refractivity contribution in [3.8, 4) is 17.6 Å². The lowest BCUT2D eigenvalue weighted by atomic mass is 10.1. The molecular formula is C16H12BrNO2. The number of nitrogens with zero attached hydrogens (tertiary/aromatic N) is 1. The third-order valence-corrected chi connectivity index (χ3v) is 3.39. The summed E-state index contributed by atoms with van der Waals surface area (Å²) in [6, 6.07) is 14.7. The number of hydrogen-bond donors (Lipinski definition) is 0. The van der Waals surface area contributed by atoms with Crippen molar-refractivity contribution in [3.05, 3.63) is 58.1 Å². The normalized spacial score (nSPS) is 9.85. The van der Waals surface area contributed by atoms with Crippen molar-refractivity contribution in [2.24, 2.45) is 0 Å². The minimum absolute atomic E-state index is 0.0121. The van der Waals surface area contributed by atoms with Crippen molar-refractivity contribution in [3.63, 3.8) is 0 Å². The van der Waals surface area contributed by atoms with Crippen molar-refractivity contribution < 1.29 is 9.53 Å². The first-order valence-electron chi connectivity index (χ1n) is 6.04. The third-order valence-electron chi connectivity index (χ3n) is 2.77. The zero-order valence-electron chi connectivity index (χ0n) is 10.9. The molecule has 0 spiro atoms. The highest BCUT2D eigenvalue weighted by Crippen LogP contribution is 2.30. The highest BCUT2D eigenvalue weighted by Gasteiger charge is 2.06. The number of Topliss-reactive ketones (excluding diaryl/α,β-unsaturated/α-hetero) is 1. The van der Waals surface area contributed by atoms with E-state index in [1.54, 1.807) is 18.2 Å². The molecule has 20 heavy (non-hydrogen) atoms. The largest absolute Gasteiger partial charge is 0.456 e. The number of ketones is 1. The topological polar surface area (TPSA) is 50.1 Å². The summed E-state index contributed by atoms with van der Waals surface area (Å²) < 4.78 is 6.46. The molecule has 0 unspecified atom stereocenters. The quantitative estimate of drug-likeness (QED) is 0.775. The smallest absolute Gasteiger partial charge is 0.159 e. The number of rotatable bonds is 4. The van der Waals surface area contributed by atoms with Crippen molar-refractivity contribution in [2.45, 2.75) is 13.3 Å². The second-order valence-electron chi connectivity index (χ2n) is 4.28. The molecule has 0 heterocycles. The molecule has 3 nitrogen and oxygen atoms in total. The number of benzene rings is 2. The van der Waals surface area contributed by atoms with Crippen molar-refractivity contribution >= 4 is 21.7 Å². The summed E-state index contributed by atoms with van der Waals surface area (Å²) in [6.45, 7) is 1.52. The van der Waals surface area contributed by atoms with Gasteiger partial charge in [-0.2, -0.15) is 5.26 Å². The van der Waals surface area contributed by atoms with Gasteiger partial charge in [-0.25, -0.2) is 0 Å². The number of carbonyl (C=O) groups excluding carboxylic acids is 1. The van der Waals surface area contributed by atoms with Crippen LogP contribution in [0.25, 0.3) is 0 Å². The van der Waals surface area contributed by atoms with Crippen LogP contribution in [0, 0.1) is 11.3 Å². The van der Waals surface area contributed by atoms with Gasteiger partial charge in [0.2, 0.25) is 0 Å². The van der Waals surface area contributed by atoms with Gasteiger partial charge in [-0.3, -0.25) is 4.79 Å². The molecule has 4 heteroatoms. The van der Waals surface area contributed by atoms with E-state index in [2.05, 4.69) is 22.0 Å². The average molecular weight is 330 g/mol. The molecule has 2 rings (SSSR count). The Balaban J connectivity index is 2.17. The number of nitriles is 1. The van der Waals surface area contributed by atoms with Crippen molar-refractivity contribution in [1.82, 2.24) is 0 Å². The van der Waals surface area contributed by atoms with E-state index in [4.69, 9.17) is 10.00 Å². The fourth-order valence-corrected chi connectivity index (χ4v) is 2.16. The van der Waals surface area contributed by atoms with Gasteiger partial charge in [0.1, 0.15) is 11.5 Å². The fourth-order valence-electron chi connectivity index (χ4n) is 1.70. The summed E-state index contributed by atoms with van der Waals surface area (Å²) in [5.74, 6) is 1.34. The van der Waals surface area contributed by atoms with Crippen LogP contribution in [0.1, 0.15) is 22.8 Å². The summed E-state index contributed by atoms with van der Waals surface area (Å²) in [6.07, 6.45) is 0.386. The van der Waals surface area contributed by atoms with E-state index in [0.29, 0.717) is 23.5 Å². The summed E-state index contributed by atoms with van der Waals surface area (Å²) in [5.41, 5.74) is 1.58. The van der Waals surface area contributed by atoms with Crippen LogP contribution in [-0.2, 0) is 6.42 Å². The van der Waals surface area contributed by atoms with Crippen molar-refractivity contribution in [2.75, 3.05) is 0 Å². The lowest BCUT2D eigenvalue weighted by molar-refractivity contribution is 0.101. The third kappa shape index (κ3) is 3.46. The maximum atomic E-state index is 11.3. The monoisotopic (exact) mass is 329 g/mol. The van der Waals surface area contributed by atoms with Crippen LogP contribution in [0.15, 0.2) is 46.9 Å². The summed E-state index contributed by atoms with van der Waals surface area (Å²) in [7, 11) is 0. The van der Waals surface area contributed by atoms with Crippen LogP contribution >= 0.6 is 15.9 Å². The Morgan fingerprint density at radius 3 is 2.50 bits per heavy atom. The average Bonchev–Trinajstić information content (AvgIpc) is 2.43. The van der Waals surface area contributed by atoms with Crippen LogP contribution in [0.2, 0.25) is 0 Å². The number of hydrogen-bond acceptors (Lipinski definition) is 3. The van der Waals surface area contributed by atoms with Gasteiger partial charge in [-0.1, -0.05) is 12.1 Å². The second kappa shape index (κ2) is 6.36. The Kier molecular flexibility index (Phi) is 4.54. The minimum atomic E-state index is 0.0121. The van der Waals surface area contributed by atoms with Crippen LogP contribution in [-0.4, -0.2) is 5.78 Å². The van der Waals surface area contributed by atoms with E-state index >= 15 is 0 Å². The SMILES string of the molecule is CC(=O)c1ccc(Oc2ccc(CC#N)cc2)c(Br)c1. The minimum Gasteiger partial charge on any atom is -0.456 e. The Bertz CT molecular complexity index is 672. The lowest BCUT2D eigenvalue weighted by Crippen LogP contribution is -1.93. The molecular weight excluding hydrogens is 318 g/mol. The van der Waals surface area contributed by atoms with Gasteiger partial charge >= 0.3 is 0 Å². The molecule has 0 aromatic heterocycles. The predicted octanol–water partition coefficient (Wildman–Crippen LogP) is 4.51. The second-order valence-corrected chi connectivity index (χ2v) is 5.14. The fraction of sp³-hybridized carbons (Fsp3) is 0.125. The van der Waals surface area contributed by atoms with Crippen LogP contribution in [0.3, 0.4) is 0 Å². The molecule has 0 aliphatic carbocycles. The van der Waals surface area contributed by atoms with Crippen LogP contribution in [0.5, 0.6) is 11.5 Å². The molecule has 0 fully saturated rings. The standard InChI is InChI=1S/C16H12BrNO2/c1-11(19)13-4-7-16(15(17)10-13)20-14-5-2-12(3-6-14)8-9-18/h2-7,10H,8H2,1H3. The van der Waals surface area contributed by atoms with Gasteiger partial charge in [-0.15, -0.1) is 0 Å². The molecule has 0 bridgehead atoms. The van der Waals surface area contributed by atoms with E-state index < -0.39 is 0 Å². The molecule has 0 N–H and O–H groups in total. The first kappa shape index (κ1) is 14.3. The van der Waals surface area contributed by atoms with E-state index in [9.17, 15) is 4.79 Å². The maximum Gasteiger partial charge on any atom is 0.159 e. The number of ether oxygens (including phenoxy) is 1. The molecule has 0 atom stereocenters. The number of carbonyl (C=O) groups is 1. The molecule has 0 saturated heterocycles. The maximum absolute atomic E-state index is 11.3. The highest BCUT2D eigenvalue weighted by atomic mass is 79.9. The Morgan fingerprint density at radius 1 is 1.25 bits per heavy atom. The molecule has 2 aromatic carbocycles. The predicted molar refractivity (Wildman–Crippen MR) is 80.0 cm³/mol. The summed E-state index contributed by atoms with van der Waals surface area (Å²) in [5, 5.41) is 8.62. The highest BCUT2D eigenvalue weighted by molar-refractivity contribution is 9.10. The Hall–Kier alpha value is -2.12. The van der Waals surface area contributed by atoms with Gasteiger partial charge in [0, 0.05) is 5.56 Å². The van der Waals surface area contributed by atoms with Gasteiger partial charge in [-0.05, 0) is 58.7 Å². The molecule has 2 aromatic rings. The first-order chi connectivity index (χ1) is 9.60. The van der Waals surface area contributed by atoms with Crippen LogP contribution < -0.4 is 4.74 Å². The molecule has 0 aliphatic rings. The lowest BCUT2D eigenvalue weighted by Gasteiger charge is -2.09. The van der Waals surface area contributed by atoms with Gasteiger partial charge in [0.05, 0.1) is 17.0 Å². The number of halogens is 1. The molecule has 0 aliphatic heterocycles. The van der Waals surface area contributed by atoms with E-state index in [-0.39, 0.29) is 5.78 Å². The molecule has 100 valence electrons. The summed E-state index contributed by atoms with van der Waals surface area (Å²) in [4.78, 5) is 11.3. The Labute approximate surface area is 125 Å². The zero-order chi connectivity index (χ0) is 14.5. The first-order valence-corrected chi connectivity index (χ1v) is 6.83. The van der Waals surface area contributed by atoms with Gasteiger partial charge in [0.25, 0.3) is 0 Å². The van der Waals surface area contributed by atoms with E-state index in [1.807, 2.05) is 24.3 Å². The molecule has 0 amide bonds. The zero-order valence-corrected chi connectivity index (χ0v) is 12.5. The van der Waals surface area contributed by atoms with Crippen LogP contribution in [0.4, 0.5) is 0 Å². The van der Waals surface area contributed by atoms with E-state index in [0.717, 1.165) is 10.0 Å². The summed E-state index contributed by atoms with van der Waals surface area (Å²) >= 11 is 3.39. The van der Waals surface area contributed by atoms with Gasteiger partial charge in [0.15, 0.2) is 5.78 Å². The molecule has 0 saturated carbocycles. The molecule has 0 radical (unpaired) electrons. The van der Waals surface area contributed by atoms with E-state index in [1.165, 1.54) is 6.92 Å².